The zero-order chi connectivity index (χ0) is 17.1. The Bertz CT molecular complexity index is 888. The quantitative estimate of drug-likeness (QED) is 0.667. The van der Waals surface area contributed by atoms with Gasteiger partial charge in [0.1, 0.15) is 0 Å². The van der Waals surface area contributed by atoms with E-state index in [9.17, 15) is 4.79 Å². The number of carbonyl (C=O) groups excluding carboxylic acids is 1. The van der Waals surface area contributed by atoms with Gasteiger partial charge in [0.05, 0.1) is 18.4 Å². The molecule has 0 aliphatic carbocycles. The molecule has 3 aromatic rings. The molecule has 0 unspecified atom stereocenters. The Morgan fingerprint density at radius 3 is 2.92 bits per heavy atom. The summed E-state index contributed by atoms with van der Waals surface area (Å²) in [6.45, 7) is 2.58. The number of amides is 1. The number of carbonyl (C=O) groups is 1. The number of H-pyrrole nitrogens is 1. The molecule has 7 heteroatoms. The van der Waals surface area contributed by atoms with Gasteiger partial charge < -0.3 is 15.8 Å². The number of hydrogen-bond donors (Lipinski definition) is 3. The first kappa shape index (κ1) is 15.8. The first-order valence-corrected chi connectivity index (χ1v) is 7.70. The first-order chi connectivity index (χ1) is 11.7. The fraction of sp³-hybridized carbons (Fsp3) is 0.235. The number of nitrogens with zero attached hydrogens (tertiary/aromatic N) is 2. The van der Waals surface area contributed by atoms with Crippen molar-refractivity contribution < 1.29 is 9.53 Å². The number of aromatic amines is 1. The van der Waals surface area contributed by atoms with E-state index in [4.69, 9.17) is 10.5 Å². The van der Waals surface area contributed by atoms with E-state index in [0.29, 0.717) is 18.1 Å². The van der Waals surface area contributed by atoms with E-state index < -0.39 is 0 Å². The molecule has 0 spiro atoms. The highest BCUT2D eigenvalue weighted by Crippen LogP contribution is 2.35. The molecule has 0 saturated heterocycles. The van der Waals surface area contributed by atoms with Crippen LogP contribution in [0.5, 0.6) is 5.88 Å². The van der Waals surface area contributed by atoms with Gasteiger partial charge in [-0.3, -0.25) is 9.89 Å². The normalized spacial score (nSPS) is 10.8. The van der Waals surface area contributed by atoms with Gasteiger partial charge in [-0.25, -0.2) is 4.98 Å². The van der Waals surface area contributed by atoms with Crippen LogP contribution in [0.1, 0.15) is 23.8 Å². The van der Waals surface area contributed by atoms with E-state index in [2.05, 4.69) is 20.5 Å². The number of rotatable bonds is 5. The number of ether oxygens (including phenoxy) is 1. The summed E-state index contributed by atoms with van der Waals surface area (Å²) in [7, 11) is 1.56. The third-order valence-electron chi connectivity index (χ3n) is 3.81. The van der Waals surface area contributed by atoms with E-state index in [-0.39, 0.29) is 11.6 Å². The predicted molar refractivity (Wildman–Crippen MR) is 92.9 cm³/mol. The minimum Gasteiger partial charge on any atom is -0.480 e. The van der Waals surface area contributed by atoms with Gasteiger partial charge in [-0.2, -0.15) is 0 Å². The zero-order valence-corrected chi connectivity index (χ0v) is 13.6. The summed E-state index contributed by atoms with van der Waals surface area (Å²) in [6, 6.07) is 5.70. The number of fused-ring (bicyclic) bond motifs is 1. The Hall–Kier alpha value is -3.09. The van der Waals surface area contributed by atoms with Crippen molar-refractivity contribution in [3.8, 4) is 17.0 Å². The van der Waals surface area contributed by atoms with E-state index in [1.165, 1.54) is 0 Å². The maximum absolute atomic E-state index is 12.2. The van der Waals surface area contributed by atoms with Gasteiger partial charge in [-0.1, -0.05) is 25.1 Å². The highest BCUT2D eigenvalue weighted by molar-refractivity contribution is 6.09. The molecular weight excluding hydrogens is 306 g/mol. The number of nitrogens with two attached hydrogens (primary N) is 1. The van der Waals surface area contributed by atoms with Crippen molar-refractivity contribution in [1.82, 2.24) is 20.5 Å². The van der Waals surface area contributed by atoms with E-state index >= 15 is 0 Å². The third kappa shape index (κ3) is 2.64. The van der Waals surface area contributed by atoms with Crippen LogP contribution >= 0.6 is 0 Å². The molecule has 7 nitrogen and oxygen atoms in total. The number of nitrogen functional groups attached to an aromatic ring is 1. The molecule has 124 valence electrons. The van der Waals surface area contributed by atoms with Crippen LogP contribution in [-0.4, -0.2) is 34.7 Å². The minimum absolute atomic E-state index is 0.243. The van der Waals surface area contributed by atoms with Crippen LogP contribution in [0, 0.1) is 0 Å². The largest absolute Gasteiger partial charge is 0.480 e. The van der Waals surface area contributed by atoms with Gasteiger partial charge in [-0.15, -0.1) is 5.10 Å². The Morgan fingerprint density at radius 2 is 2.17 bits per heavy atom. The number of aromatic nitrogens is 3. The number of pyridine rings is 1. The van der Waals surface area contributed by atoms with Crippen molar-refractivity contribution >= 4 is 22.4 Å². The topological polar surface area (TPSA) is 106 Å². The summed E-state index contributed by atoms with van der Waals surface area (Å²) < 4.78 is 5.27. The van der Waals surface area contributed by atoms with Crippen LogP contribution in [0.3, 0.4) is 0 Å². The summed E-state index contributed by atoms with van der Waals surface area (Å²) >= 11 is 0. The SMILES string of the molecule is CCCNC(=O)c1ncc2c(-c3c[nH]nc3OC)cccc2c1N. The molecule has 1 aromatic carbocycles. The molecule has 0 aliphatic heterocycles. The highest BCUT2D eigenvalue weighted by atomic mass is 16.5. The number of anilines is 1. The molecule has 0 aliphatic rings. The lowest BCUT2D eigenvalue weighted by molar-refractivity contribution is 0.0950. The van der Waals surface area contributed by atoms with Gasteiger partial charge in [0, 0.05) is 29.7 Å². The highest BCUT2D eigenvalue weighted by Gasteiger charge is 2.17. The summed E-state index contributed by atoms with van der Waals surface area (Å²) in [4.78, 5) is 16.5. The molecule has 0 saturated carbocycles. The molecule has 24 heavy (non-hydrogen) atoms. The second kappa shape index (κ2) is 6.57. The lowest BCUT2D eigenvalue weighted by Crippen LogP contribution is -2.26. The second-order valence-electron chi connectivity index (χ2n) is 5.35. The number of nitrogens with one attached hydrogen (secondary N) is 2. The predicted octanol–water partition coefficient (Wildman–Crippen LogP) is 2.36. The average molecular weight is 325 g/mol. The van der Waals surface area contributed by atoms with Crippen LogP contribution in [0.15, 0.2) is 30.6 Å². The van der Waals surface area contributed by atoms with E-state index in [1.807, 2.05) is 25.1 Å². The third-order valence-corrected chi connectivity index (χ3v) is 3.81. The average Bonchev–Trinajstić information content (AvgIpc) is 3.08. The number of hydrogen-bond acceptors (Lipinski definition) is 5. The number of benzene rings is 1. The zero-order valence-electron chi connectivity index (χ0n) is 13.6. The molecular formula is C17H19N5O2. The number of methoxy groups -OCH3 is 1. The summed E-state index contributed by atoms with van der Waals surface area (Å²) in [5.74, 6) is 0.230. The standard InChI is InChI=1S/C17H19N5O2/c1-3-7-19-16(23)15-14(18)11-6-4-5-10(12(11)8-20-15)13-9-21-22-17(13)24-2/h4-6,8-9H,3,7,18H2,1-2H3,(H,19,23)(H,21,22). The maximum atomic E-state index is 12.2. The Labute approximate surface area is 139 Å². The van der Waals surface area contributed by atoms with Gasteiger partial charge in [0.2, 0.25) is 5.88 Å². The summed E-state index contributed by atoms with van der Waals surface area (Å²) in [6.07, 6.45) is 4.27. The molecule has 2 aromatic heterocycles. The van der Waals surface area contributed by atoms with E-state index in [0.717, 1.165) is 28.3 Å². The second-order valence-corrected chi connectivity index (χ2v) is 5.35. The first-order valence-electron chi connectivity index (χ1n) is 7.70. The Balaban J connectivity index is 2.13. The fourth-order valence-electron chi connectivity index (χ4n) is 2.63. The van der Waals surface area contributed by atoms with Crippen LogP contribution in [0.25, 0.3) is 21.9 Å². The molecule has 1 amide bonds. The van der Waals surface area contributed by atoms with Crippen molar-refractivity contribution in [2.45, 2.75) is 13.3 Å². The van der Waals surface area contributed by atoms with Crippen molar-refractivity contribution in [2.75, 3.05) is 19.4 Å². The monoisotopic (exact) mass is 325 g/mol. The van der Waals surface area contributed by atoms with Crippen LogP contribution in [0.2, 0.25) is 0 Å². The molecule has 0 atom stereocenters. The molecule has 3 rings (SSSR count). The van der Waals surface area contributed by atoms with Gasteiger partial charge in [0.25, 0.3) is 5.91 Å². The fourth-order valence-corrected chi connectivity index (χ4v) is 2.63. The van der Waals surface area contributed by atoms with Crippen molar-refractivity contribution in [3.63, 3.8) is 0 Å². The van der Waals surface area contributed by atoms with Crippen LogP contribution < -0.4 is 15.8 Å². The minimum atomic E-state index is -0.262. The van der Waals surface area contributed by atoms with Crippen molar-refractivity contribution in [2.24, 2.45) is 0 Å². The summed E-state index contributed by atoms with van der Waals surface area (Å²) in [5, 5.41) is 11.2. The van der Waals surface area contributed by atoms with Crippen LogP contribution in [0.4, 0.5) is 5.69 Å². The lowest BCUT2D eigenvalue weighted by Gasteiger charge is -2.11. The molecule has 0 bridgehead atoms. The summed E-state index contributed by atoms with van der Waals surface area (Å²) in [5.41, 5.74) is 8.51. The van der Waals surface area contributed by atoms with Crippen molar-refractivity contribution in [3.05, 3.63) is 36.3 Å². The smallest absolute Gasteiger partial charge is 0.272 e. The molecule has 0 fully saturated rings. The van der Waals surface area contributed by atoms with Gasteiger partial charge in [-0.05, 0) is 12.0 Å². The van der Waals surface area contributed by atoms with E-state index in [1.54, 1.807) is 19.5 Å². The molecule has 0 radical (unpaired) electrons. The molecule has 4 N–H and O–H groups in total. The maximum Gasteiger partial charge on any atom is 0.272 e. The van der Waals surface area contributed by atoms with Crippen LogP contribution in [-0.2, 0) is 0 Å². The Kier molecular flexibility index (Phi) is 4.33. The van der Waals surface area contributed by atoms with Crippen molar-refractivity contribution in [1.29, 1.82) is 0 Å². The van der Waals surface area contributed by atoms with Gasteiger partial charge in [0.15, 0.2) is 5.69 Å². The Morgan fingerprint density at radius 1 is 1.33 bits per heavy atom. The lowest BCUT2D eigenvalue weighted by atomic mass is 10.00. The van der Waals surface area contributed by atoms with Gasteiger partial charge >= 0.3 is 0 Å². The molecule has 2 heterocycles.